The predicted octanol–water partition coefficient (Wildman–Crippen LogP) is 5.01. The standard InChI is InChI=1S/C20H15Cl2N3O3/c1-12-19(26)24(20(27)25(12)16-7-5-14(21)6-8-16)11-18-23-10-17(28-18)13-3-2-4-15(22)9-13/h2-10,12H,11H2,1H3. The third kappa shape index (κ3) is 3.37. The number of amides is 3. The molecule has 3 amide bonds. The number of imide groups is 1. The number of anilines is 1. The first-order valence-corrected chi connectivity index (χ1v) is 9.30. The summed E-state index contributed by atoms with van der Waals surface area (Å²) in [6, 6.07) is 12.9. The molecule has 0 radical (unpaired) electrons. The number of nitrogens with zero attached hydrogens (tertiary/aromatic N) is 3. The van der Waals surface area contributed by atoms with E-state index in [0.29, 0.717) is 21.5 Å². The van der Waals surface area contributed by atoms with E-state index in [9.17, 15) is 9.59 Å². The molecule has 1 saturated heterocycles. The lowest BCUT2D eigenvalue weighted by atomic mass is 10.2. The zero-order chi connectivity index (χ0) is 19.8. The van der Waals surface area contributed by atoms with E-state index in [2.05, 4.69) is 4.98 Å². The van der Waals surface area contributed by atoms with Crippen molar-refractivity contribution in [1.82, 2.24) is 9.88 Å². The number of aromatic nitrogens is 1. The van der Waals surface area contributed by atoms with Crippen molar-refractivity contribution in [2.75, 3.05) is 4.90 Å². The summed E-state index contributed by atoms with van der Waals surface area (Å²) in [5, 5.41) is 1.13. The molecule has 2 aromatic carbocycles. The summed E-state index contributed by atoms with van der Waals surface area (Å²) >= 11 is 11.9. The second kappa shape index (κ2) is 7.30. The largest absolute Gasteiger partial charge is 0.439 e. The van der Waals surface area contributed by atoms with Crippen molar-refractivity contribution in [1.29, 1.82) is 0 Å². The van der Waals surface area contributed by atoms with E-state index in [4.69, 9.17) is 27.6 Å². The number of benzene rings is 2. The fourth-order valence-electron chi connectivity index (χ4n) is 3.10. The van der Waals surface area contributed by atoms with Crippen LogP contribution in [0.4, 0.5) is 10.5 Å². The molecule has 1 fully saturated rings. The van der Waals surface area contributed by atoms with Gasteiger partial charge in [-0.05, 0) is 43.3 Å². The minimum Gasteiger partial charge on any atom is -0.439 e. The lowest BCUT2D eigenvalue weighted by molar-refractivity contribution is -0.127. The second-order valence-electron chi connectivity index (χ2n) is 6.36. The van der Waals surface area contributed by atoms with Gasteiger partial charge in [-0.3, -0.25) is 14.6 Å². The number of hydrogen-bond acceptors (Lipinski definition) is 4. The predicted molar refractivity (Wildman–Crippen MR) is 106 cm³/mol. The van der Waals surface area contributed by atoms with Crippen LogP contribution in [0.1, 0.15) is 12.8 Å². The van der Waals surface area contributed by atoms with Gasteiger partial charge in [0.1, 0.15) is 12.6 Å². The fraction of sp³-hybridized carbons (Fsp3) is 0.150. The first-order valence-electron chi connectivity index (χ1n) is 8.55. The van der Waals surface area contributed by atoms with Crippen LogP contribution in [-0.2, 0) is 11.3 Å². The summed E-state index contributed by atoms with van der Waals surface area (Å²) < 4.78 is 5.72. The lowest BCUT2D eigenvalue weighted by Gasteiger charge is -2.19. The molecule has 0 saturated carbocycles. The Morgan fingerprint density at radius 1 is 1.07 bits per heavy atom. The quantitative estimate of drug-likeness (QED) is 0.561. The van der Waals surface area contributed by atoms with Crippen molar-refractivity contribution in [3.63, 3.8) is 0 Å². The van der Waals surface area contributed by atoms with E-state index in [1.54, 1.807) is 55.6 Å². The van der Waals surface area contributed by atoms with E-state index >= 15 is 0 Å². The Morgan fingerprint density at radius 2 is 1.82 bits per heavy atom. The van der Waals surface area contributed by atoms with Crippen LogP contribution in [0.5, 0.6) is 0 Å². The third-order valence-electron chi connectivity index (χ3n) is 4.51. The molecule has 0 N–H and O–H groups in total. The van der Waals surface area contributed by atoms with Gasteiger partial charge in [0, 0.05) is 21.3 Å². The molecule has 1 atom stereocenters. The van der Waals surface area contributed by atoms with E-state index in [1.165, 1.54) is 4.90 Å². The molecule has 0 aliphatic carbocycles. The molecule has 4 rings (SSSR count). The smallest absolute Gasteiger partial charge is 0.332 e. The topological polar surface area (TPSA) is 66.7 Å². The minimum atomic E-state index is -0.629. The zero-order valence-corrected chi connectivity index (χ0v) is 16.3. The van der Waals surface area contributed by atoms with E-state index < -0.39 is 12.1 Å². The number of carbonyl (C=O) groups excluding carboxylic acids is 2. The molecule has 8 heteroatoms. The average molecular weight is 416 g/mol. The van der Waals surface area contributed by atoms with Crippen LogP contribution in [0.25, 0.3) is 11.3 Å². The number of hydrogen-bond donors (Lipinski definition) is 0. The van der Waals surface area contributed by atoms with E-state index in [0.717, 1.165) is 10.5 Å². The summed E-state index contributed by atoms with van der Waals surface area (Å²) in [4.78, 5) is 32.3. The zero-order valence-electron chi connectivity index (χ0n) is 14.8. The first kappa shape index (κ1) is 18.5. The first-order chi connectivity index (χ1) is 13.4. The van der Waals surface area contributed by atoms with Crippen LogP contribution < -0.4 is 4.90 Å². The average Bonchev–Trinajstić information content (AvgIpc) is 3.23. The number of urea groups is 1. The molecule has 0 bridgehead atoms. The second-order valence-corrected chi connectivity index (χ2v) is 7.23. The highest BCUT2D eigenvalue weighted by molar-refractivity contribution is 6.31. The van der Waals surface area contributed by atoms with Gasteiger partial charge in [0.2, 0.25) is 5.89 Å². The molecule has 1 aliphatic rings. The summed E-state index contributed by atoms with van der Waals surface area (Å²) in [7, 11) is 0. The SMILES string of the molecule is CC1C(=O)N(Cc2ncc(-c3cccc(Cl)c3)o2)C(=O)N1c1ccc(Cl)cc1. The Hall–Kier alpha value is -2.83. The molecule has 28 heavy (non-hydrogen) atoms. The number of halogens is 2. The van der Waals surface area contributed by atoms with Gasteiger partial charge in [0.25, 0.3) is 5.91 Å². The summed E-state index contributed by atoms with van der Waals surface area (Å²) in [5.41, 5.74) is 1.37. The Kier molecular flexibility index (Phi) is 4.83. The van der Waals surface area contributed by atoms with Crippen LogP contribution in [0.3, 0.4) is 0 Å². The Bertz CT molecular complexity index is 1050. The molecular weight excluding hydrogens is 401 g/mol. The molecule has 3 aromatic rings. The van der Waals surface area contributed by atoms with Crippen LogP contribution >= 0.6 is 23.2 Å². The summed E-state index contributed by atoms with van der Waals surface area (Å²) in [6.45, 7) is 1.63. The van der Waals surface area contributed by atoms with Gasteiger partial charge in [-0.2, -0.15) is 0 Å². The third-order valence-corrected chi connectivity index (χ3v) is 5.00. The van der Waals surface area contributed by atoms with Crippen LogP contribution in [0.15, 0.2) is 59.1 Å². The fourth-order valence-corrected chi connectivity index (χ4v) is 3.42. The highest BCUT2D eigenvalue weighted by Crippen LogP contribution is 2.29. The highest BCUT2D eigenvalue weighted by atomic mass is 35.5. The summed E-state index contributed by atoms with van der Waals surface area (Å²) in [5.74, 6) is 0.462. The maximum atomic E-state index is 12.8. The Balaban J connectivity index is 1.56. The maximum absolute atomic E-state index is 12.8. The highest BCUT2D eigenvalue weighted by Gasteiger charge is 2.43. The van der Waals surface area contributed by atoms with E-state index in [1.807, 2.05) is 6.07 Å². The van der Waals surface area contributed by atoms with Crippen LogP contribution in [0, 0.1) is 0 Å². The number of carbonyl (C=O) groups is 2. The van der Waals surface area contributed by atoms with Crippen LogP contribution in [-0.4, -0.2) is 27.9 Å². The molecule has 1 unspecified atom stereocenters. The monoisotopic (exact) mass is 415 g/mol. The van der Waals surface area contributed by atoms with Crippen molar-refractivity contribution < 1.29 is 14.0 Å². The lowest BCUT2D eigenvalue weighted by Crippen LogP contribution is -2.33. The molecule has 1 aliphatic heterocycles. The molecule has 1 aromatic heterocycles. The minimum absolute atomic E-state index is 0.0489. The molecule has 0 spiro atoms. The van der Waals surface area contributed by atoms with Crippen molar-refractivity contribution in [2.24, 2.45) is 0 Å². The molecule has 6 nitrogen and oxygen atoms in total. The Morgan fingerprint density at radius 3 is 2.54 bits per heavy atom. The van der Waals surface area contributed by atoms with E-state index in [-0.39, 0.29) is 18.3 Å². The van der Waals surface area contributed by atoms with Gasteiger partial charge in [-0.15, -0.1) is 0 Å². The molecule has 142 valence electrons. The van der Waals surface area contributed by atoms with Crippen molar-refractivity contribution in [2.45, 2.75) is 19.5 Å². The Labute approximate surface area is 171 Å². The molecule has 2 heterocycles. The van der Waals surface area contributed by atoms with Gasteiger partial charge in [0.15, 0.2) is 5.76 Å². The van der Waals surface area contributed by atoms with Crippen molar-refractivity contribution >= 4 is 40.8 Å². The van der Waals surface area contributed by atoms with Crippen LogP contribution in [0.2, 0.25) is 10.0 Å². The molecular formula is C20H15Cl2N3O3. The summed E-state index contributed by atoms with van der Waals surface area (Å²) in [6.07, 6.45) is 1.55. The van der Waals surface area contributed by atoms with Gasteiger partial charge in [-0.25, -0.2) is 9.78 Å². The number of oxazole rings is 1. The number of rotatable bonds is 4. The van der Waals surface area contributed by atoms with Gasteiger partial charge in [0.05, 0.1) is 6.20 Å². The van der Waals surface area contributed by atoms with Crippen molar-refractivity contribution in [3.8, 4) is 11.3 Å². The van der Waals surface area contributed by atoms with Gasteiger partial charge in [-0.1, -0.05) is 35.3 Å². The van der Waals surface area contributed by atoms with Crippen molar-refractivity contribution in [3.05, 3.63) is 70.7 Å². The normalized spacial score (nSPS) is 16.9. The van der Waals surface area contributed by atoms with Gasteiger partial charge < -0.3 is 4.42 Å². The van der Waals surface area contributed by atoms with Gasteiger partial charge >= 0.3 is 6.03 Å². The maximum Gasteiger partial charge on any atom is 0.332 e.